The van der Waals surface area contributed by atoms with Gasteiger partial charge in [0.2, 0.25) is 5.91 Å². The molecule has 0 spiro atoms. The Morgan fingerprint density at radius 2 is 1.73 bits per heavy atom. The molecule has 0 unspecified atom stereocenters. The Bertz CT molecular complexity index is 252. The van der Waals surface area contributed by atoms with E-state index in [0.717, 1.165) is 32.1 Å². The standard InChI is InChI=1S/C12H21NO2/c1-9(2)10(14)8-12(11(13)15)6-4-3-5-7-12/h9H,3-8H2,1-2H3,(H2,13,15). The van der Waals surface area contributed by atoms with Crippen molar-refractivity contribution in [2.75, 3.05) is 0 Å². The van der Waals surface area contributed by atoms with E-state index in [1.807, 2.05) is 13.8 Å². The van der Waals surface area contributed by atoms with Crippen LogP contribution >= 0.6 is 0 Å². The minimum atomic E-state index is -0.528. The highest BCUT2D eigenvalue weighted by Crippen LogP contribution is 2.39. The van der Waals surface area contributed by atoms with Crippen LogP contribution in [0.1, 0.15) is 52.4 Å². The lowest BCUT2D eigenvalue weighted by atomic mass is 9.69. The Hall–Kier alpha value is -0.860. The van der Waals surface area contributed by atoms with E-state index in [1.165, 1.54) is 0 Å². The lowest BCUT2D eigenvalue weighted by molar-refractivity contribution is -0.136. The molecule has 1 aliphatic rings. The van der Waals surface area contributed by atoms with Crippen molar-refractivity contribution in [1.29, 1.82) is 0 Å². The summed E-state index contributed by atoms with van der Waals surface area (Å²) in [5.41, 5.74) is 4.93. The maximum Gasteiger partial charge on any atom is 0.224 e. The van der Waals surface area contributed by atoms with Gasteiger partial charge in [-0.05, 0) is 12.8 Å². The summed E-state index contributed by atoms with van der Waals surface area (Å²) in [6.45, 7) is 3.75. The number of carbonyl (C=O) groups excluding carboxylic acids is 2. The predicted octanol–water partition coefficient (Wildman–Crippen LogP) is 2.04. The topological polar surface area (TPSA) is 60.2 Å². The summed E-state index contributed by atoms with van der Waals surface area (Å²) < 4.78 is 0. The van der Waals surface area contributed by atoms with Gasteiger partial charge in [-0.25, -0.2) is 0 Å². The number of Topliss-reactive ketones (excluding diaryl/α,β-unsaturated/α-hetero) is 1. The molecule has 1 fully saturated rings. The van der Waals surface area contributed by atoms with Crippen LogP contribution in [0.15, 0.2) is 0 Å². The average molecular weight is 211 g/mol. The lowest BCUT2D eigenvalue weighted by Crippen LogP contribution is -2.41. The Labute approximate surface area is 91.4 Å². The Balaban J connectivity index is 2.73. The third-order valence-electron chi connectivity index (χ3n) is 3.49. The number of primary amides is 1. The monoisotopic (exact) mass is 211 g/mol. The third kappa shape index (κ3) is 2.80. The van der Waals surface area contributed by atoms with Crippen LogP contribution in [0, 0.1) is 11.3 Å². The fourth-order valence-corrected chi connectivity index (χ4v) is 2.28. The van der Waals surface area contributed by atoms with Crippen molar-refractivity contribution in [2.45, 2.75) is 52.4 Å². The number of amides is 1. The molecule has 0 heterocycles. The molecule has 0 aromatic heterocycles. The summed E-state index contributed by atoms with van der Waals surface area (Å²) in [7, 11) is 0. The molecule has 0 aromatic carbocycles. The fraction of sp³-hybridized carbons (Fsp3) is 0.833. The summed E-state index contributed by atoms with van der Waals surface area (Å²) >= 11 is 0. The van der Waals surface area contributed by atoms with Gasteiger partial charge in [0.1, 0.15) is 5.78 Å². The lowest BCUT2D eigenvalue weighted by Gasteiger charge is -2.34. The van der Waals surface area contributed by atoms with Crippen molar-refractivity contribution in [3.63, 3.8) is 0 Å². The number of nitrogens with two attached hydrogens (primary N) is 1. The predicted molar refractivity (Wildman–Crippen MR) is 59.2 cm³/mol. The molecule has 0 atom stereocenters. The number of hydrogen-bond donors (Lipinski definition) is 1. The van der Waals surface area contributed by atoms with E-state index in [-0.39, 0.29) is 17.6 Å². The maximum absolute atomic E-state index is 11.7. The van der Waals surface area contributed by atoms with Gasteiger partial charge >= 0.3 is 0 Å². The van der Waals surface area contributed by atoms with Crippen LogP contribution in [-0.2, 0) is 9.59 Å². The minimum Gasteiger partial charge on any atom is -0.369 e. The van der Waals surface area contributed by atoms with Crippen LogP contribution in [0.3, 0.4) is 0 Å². The summed E-state index contributed by atoms with van der Waals surface area (Å²) in [5, 5.41) is 0. The Morgan fingerprint density at radius 1 is 1.20 bits per heavy atom. The first-order chi connectivity index (χ1) is 6.98. The van der Waals surface area contributed by atoms with E-state index in [1.54, 1.807) is 0 Å². The number of carbonyl (C=O) groups is 2. The zero-order valence-corrected chi connectivity index (χ0v) is 9.71. The third-order valence-corrected chi connectivity index (χ3v) is 3.49. The molecule has 1 aliphatic carbocycles. The zero-order chi connectivity index (χ0) is 11.5. The minimum absolute atomic E-state index is 0.00292. The Morgan fingerprint density at radius 3 is 2.13 bits per heavy atom. The number of rotatable bonds is 4. The molecule has 1 amide bonds. The molecule has 3 heteroatoms. The van der Waals surface area contributed by atoms with Crippen molar-refractivity contribution in [1.82, 2.24) is 0 Å². The van der Waals surface area contributed by atoms with Crippen molar-refractivity contribution in [3.8, 4) is 0 Å². The SMILES string of the molecule is CC(C)C(=O)CC1(C(N)=O)CCCCC1. The van der Waals surface area contributed by atoms with Crippen LogP contribution in [0.5, 0.6) is 0 Å². The molecule has 2 N–H and O–H groups in total. The van der Waals surface area contributed by atoms with Crippen LogP contribution in [0.2, 0.25) is 0 Å². The van der Waals surface area contributed by atoms with E-state index in [2.05, 4.69) is 0 Å². The van der Waals surface area contributed by atoms with Gasteiger partial charge in [0.05, 0.1) is 5.41 Å². The fourth-order valence-electron chi connectivity index (χ4n) is 2.28. The second-order valence-electron chi connectivity index (χ2n) is 5.00. The van der Waals surface area contributed by atoms with Crippen molar-refractivity contribution >= 4 is 11.7 Å². The van der Waals surface area contributed by atoms with E-state index in [9.17, 15) is 9.59 Å². The molecule has 1 rings (SSSR count). The van der Waals surface area contributed by atoms with Gasteiger partial charge in [0, 0.05) is 12.3 Å². The molecule has 3 nitrogen and oxygen atoms in total. The van der Waals surface area contributed by atoms with Gasteiger partial charge in [-0.15, -0.1) is 0 Å². The molecule has 1 saturated carbocycles. The van der Waals surface area contributed by atoms with Crippen LogP contribution in [0.4, 0.5) is 0 Å². The van der Waals surface area contributed by atoms with Gasteiger partial charge in [-0.3, -0.25) is 9.59 Å². The highest BCUT2D eigenvalue weighted by Gasteiger charge is 2.39. The number of hydrogen-bond acceptors (Lipinski definition) is 2. The Kier molecular flexibility index (Phi) is 3.89. The molecule has 0 aromatic rings. The van der Waals surface area contributed by atoms with Crippen molar-refractivity contribution in [3.05, 3.63) is 0 Å². The molecule has 0 radical (unpaired) electrons. The molecule has 0 saturated heterocycles. The van der Waals surface area contributed by atoms with E-state index in [0.29, 0.717) is 6.42 Å². The average Bonchev–Trinajstić information content (AvgIpc) is 2.18. The second-order valence-corrected chi connectivity index (χ2v) is 5.00. The van der Waals surface area contributed by atoms with E-state index >= 15 is 0 Å². The van der Waals surface area contributed by atoms with Crippen molar-refractivity contribution in [2.24, 2.45) is 17.1 Å². The summed E-state index contributed by atoms with van der Waals surface area (Å²) in [4.78, 5) is 23.2. The first-order valence-electron chi connectivity index (χ1n) is 5.80. The molecule has 86 valence electrons. The highest BCUT2D eigenvalue weighted by molar-refractivity contribution is 5.89. The van der Waals surface area contributed by atoms with Crippen LogP contribution < -0.4 is 5.73 Å². The summed E-state index contributed by atoms with van der Waals surface area (Å²) in [6, 6.07) is 0. The number of ketones is 1. The van der Waals surface area contributed by atoms with Crippen molar-refractivity contribution < 1.29 is 9.59 Å². The smallest absolute Gasteiger partial charge is 0.224 e. The maximum atomic E-state index is 11.7. The summed E-state index contributed by atoms with van der Waals surface area (Å²) in [6.07, 6.45) is 5.13. The molecule has 15 heavy (non-hydrogen) atoms. The molecule has 0 bridgehead atoms. The first kappa shape index (κ1) is 12.2. The van der Waals surface area contributed by atoms with E-state index < -0.39 is 5.41 Å². The highest BCUT2D eigenvalue weighted by atomic mass is 16.1. The zero-order valence-electron chi connectivity index (χ0n) is 9.71. The van der Waals surface area contributed by atoms with E-state index in [4.69, 9.17) is 5.73 Å². The van der Waals surface area contributed by atoms with Crippen LogP contribution in [0.25, 0.3) is 0 Å². The van der Waals surface area contributed by atoms with Crippen LogP contribution in [-0.4, -0.2) is 11.7 Å². The van der Waals surface area contributed by atoms with Gasteiger partial charge in [0.15, 0.2) is 0 Å². The van der Waals surface area contributed by atoms with Gasteiger partial charge in [-0.2, -0.15) is 0 Å². The van der Waals surface area contributed by atoms with Gasteiger partial charge in [-0.1, -0.05) is 33.1 Å². The largest absolute Gasteiger partial charge is 0.369 e. The second kappa shape index (κ2) is 4.77. The van der Waals surface area contributed by atoms with Gasteiger partial charge < -0.3 is 5.73 Å². The van der Waals surface area contributed by atoms with Gasteiger partial charge in [0.25, 0.3) is 0 Å². The molecular formula is C12H21NO2. The quantitative estimate of drug-likeness (QED) is 0.773. The summed E-state index contributed by atoms with van der Waals surface area (Å²) in [5.74, 6) is -0.116. The first-order valence-corrected chi connectivity index (χ1v) is 5.80. The molecular weight excluding hydrogens is 190 g/mol. The normalized spacial score (nSPS) is 20.2. The molecule has 0 aliphatic heterocycles.